The van der Waals surface area contributed by atoms with Crippen LogP contribution in [0.1, 0.15) is 25.8 Å². The zero-order valence-corrected chi connectivity index (χ0v) is 9.19. The molecule has 2 nitrogen and oxygen atoms in total. The molecule has 0 radical (unpaired) electrons. The van der Waals surface area contributed by atoms with Gasteiger partial charge in [-0.2, -0.15) is 0 Å². The normalized spacial score (nSPS) is 11.2. The second-order valence-electron chi connectivity index (χ2n) is 3.44. The topological polar surface area (TPSA) is 26.3 Å². The molecule has 80 valence electrons. The average Bonchev–Trinajstić information content (AvgIpc) is 2.27. The Hall–Kier alpha value is -1.57. The van der Waals surface area contributed by atoms with E-state index in [4.69, 9.17) is 4.74 Å². The Kier molecular flexibility index (Phi) is 4.61. The number of hydrogen-bond acceptors (Lipinski definition) is 2. The monoisotopic (exact) mass is 204 g/mol. The summed E-state index contributed by atoms with van der Waals surface area (Å²) < 4.78 is 5.09. The lowest BCUT2D eigenvalue weighted by atomic mass is 10.2. The first-order valence-corrected chi connectivity index (χ1v) is 5.10. The quantitative estimate of drug-likeness (QED) is 0.556. The molecule has 0 aliphatic heterocycles. The third-order valence-electron chi connectivity index (χ3n) is 2.15. The fourth-order valence-corrected chi connectivity index (χ4v) is 1.07. The van der Waals surface area contributed by atoms with Crippen LogP contribution < -0.4 is 0 Å². The van der Waals surface area contributed by atoms with E-state index in [0.29, 0.717) is 6.61 Å². The van der Waals surface area contributed by atoms with Gasteiger partial charge in [-0.1, -0.05) is 42.8 Å². The van der Waals surface area contributed by atoms with Crippen molar-refractivity contribution in [3.63, 3.8) is 0 Å². The van der Waals surface area contributed by atoms with Crippen LogP contribution in [-0.4, -0.2) is 5.97 Å². The number of rotatable bonds is 4. The highest BCUT2D eigenvalue weighted by molar-refractivity contribution is 5.82. The third-order valence-corrected chi connectivity index (χ3v) is 2.15. The van der Waals surface area contributed by atoms with E-state index in [1.54, 1.807) is 6.08 Å². The summed E-state index contributed by atoms with van der Waals surface area (Å²) in [5.41, 5.74) is 2.04. The van der Waals surface area contributed by atoms with Crippen molar-refractivity contribution in [3.8, 4) is 0 Å². The van der Waals surface area contributed by atoms with E-state index in [2.05, 4.69) is 0 Å². The Morgan fingerprint density at radius 2 is 2.00 bits per heavy atom. The highest BCUT2D eigenvalue weighted by Crippen LogP contribution is 2.03. The van der Waals surface area contributed by atoms with Crippen LogP contribution in [0.3, 0.4) is 0 Å². The molecule has 1 aromatic carbocycles. The number of allylic oxidation sites excluding steroid dienone is 1. The molecule has 0 amide bonds. The van der Waals surface area contributed by atoms with Crippen LogP contribution in [0.4, 0.5) is 0 Å². The van der Waals surface area contributed by atoms with Gasteiger partial charge in [0.1, 0.15) is 6.61 Å². The van der Waals surface area contributed by atoms with Gasteiger partial charge in [0.2, 0.25) is 0 Å². The predicted octanol–water partition coefficient (Wildman–Crippen LogP) is 3.09. The van der Waals surface area contributed by atoms with Gasteiger partial charge in [-0.15, -0.1) is 0 Å². The molecule has 0 heterocycles. The molecule has 0 saturated carbocycles. The molecule has 0 aliphatic carbocycles. The largest absolute Gasteiger partial charge is 0.458 e. The molecular formula is C13H16O2. The molecular weight excluding hydrogens is 188 g/mol. The van der Waals surface area contributed by atoms with Crippen LogP contribution in [0.25, 0.3) is 0 Å². The molecule has 0 unspecified atom stereocenters. The first-order chi connectivity index (χ1) is 7.22. The van der Waals surface area contributed by atoms with Crippen molar-refractivity contribution in [1.82, 2.24) is 0 Å². The molecule has 15 heavy (non-hydrogen) atoms. The van der Waals surface area contributed by atoms with Crippen molar-refractivity contribution < 1.29 is 9.53 Å². The summed E-state index contributed by atoms with van der Waals surface area (Å²) in [6.07, 6.45) is 2.42. The minimum atomic E-state index is -0.266. The summed E-state index contributed by atoms with van der Waals surface area (Å²) in [5, 5.41) is 0. The van der Waals surface area contributed by atoms with Crippen molar-refractivity contribution in [3.05, 3.63) is 47.5 Å². The maximum atomic E-state index is 11.3. The Balaban J connectivity index is 2.41. The molecule has 0 aromatic heterocycles. The van der Waals surface area contributed by atoms with Crippen molar-refractivity contribution in [2.45, 2.75) is 26.9 Å². The number of ether oxygens (including phenoxy) is 1. The number of carbonyl (C=O) groups excluding carboxylic acids is 1. The molecule has 0 atom stereocenters. The van der Waals surface area contributed by atoms with Crippen LogP contribution in [0.5, 0.6) is 0 Å². The van der Waals surface area contributed by atoms with E-state index in [1.807, 2.05) is 44.2 Å². The summed E-state index contributed by atoms with van der Waals surface area (Å²) in [6.45, 7) is 4.27. The first kappa shape index (κ1) is 11.5. The highest BCUT2D eigenvalue weighted by atomic mass is 16.5. The Morgan fingerprint density at radius 1 is 1.33 bits per heavy atom. The van der Waals surface area contributed by atoms with Crippen LogP contribution in [0.15, 0.2) is 42.0 Å². The second-order valence-corrected chi connectivity index (χ2v) is 3.44. The summed E-state index contributed by atoms with van der Waals surface area (Å²) >= 11 is 0. The van der Waals surface area contributed by atoms with E-state index in [0.717, 1.165) is 17.6 Å². The van der Waals surface area contributed by atoms with Gasteiger partial charge in [0.25, 0.3) is 0 Å². The van der Waals surface area contributed by atoms with E-state index in [9.17, 15) is 4.79 Å². The number of esters is 1. The third kappa shape index (κ3) is 4.45. The van der Waals surface area contributed by atoms with Gasteiger partial charge < -0.3 is 4.74 Å². The van der Waals surface area contributed by atoms with Crippen molar-refractivity contribution >= 4 is 5.97 Å². The number of benzene rings is 1. The Labute approximate surface area is 90.6 Å². The highest BCUT2D eigenvalue weighted by Gasteiger charge is 1.99. The maximum Gasteiger partial charge on any atom is 0.331 e. The fraction of sp³-hybridized carbons (Fsp3) is 0.308. The summed E-state index contributed by atoms with van der Waals surface area (Å²) in [7, 11) is 0. The molecule has 1 rings (SSSR count). The molecule has 0 aliphatic rings. The zero-order valence-electron chi connectivity index (χ0n) is 9.19. The Bertz CT molecular complexity index is 339. The van der Waals surface area contributed by atoms with Gasteiger partial charge in [-0.25, -0.2) is 4.79 Å². The number of hydrogen-bond donors (Lipinski definition) is 0. The maximum absolute atomic E-state index is 11.3. The molecule has 1 aromatic rings. The molecule has 0 fully saturated rings. The number of carbonyl (C=O) groups is 1. The average molecular weight is 204 g/mol. The first-order valence-electron chi connectivity index (χ1n) is 5.10. The minimum Gasteiger partial charge on any atom is -0.458 e. The fourth-order valence-electron chi connectivity index (χ4n) is 1.07. The smallest absolute Gasteiger partial charge is 0.331 e. The van der Waals surface area contributed by atoms with Crippen LogP contribution in [0, 0.1) is 0 Å². The van der Waals surface area contributed by atoms with E-state index < -0.39 is 0 Å². The van der Waals surface area contributed by atoms with E-state index in [1.165, 1.54) is 0 Å². The van der Waals surface area contributed by atoms with Crippen LogP contribution in [0.2, 0.25) is 0 Å². The zero-order chi connectivity index (χ0) is 11.1. The standard InChI is InChI=1S/C13H16O2/c1-3-11(2)9-13(14)15-10-12-7-5-4-6-8-12/h4-9H,3,10H2,1-2H3. The molecule has 0 bridgehead atoms. The molecule has 0 N–H and O–H groups in total. The van der Waals surface area contributed by atoms with Gasteiger partial charge in [0.05, 0.1) is 0 Å². The van der Waals surface area contributed by atoms with Crippen molar-refractivity contribution in [2.24, 2.45) is 0 Å². The molecule has 2 heteroatoms. The summed E-state index contributed by atoms with van der Waals surface area (Å²) in [6, 6.07) is 9.66. The van der Waals surface area contributed by atoms with Crippen molar-refractivity contribution in [1.29, 1.82) is 0 Å². The van der Waals surface area contributed by atoms with Gasteiger partial charge >= 0.3 is 5.97 Å². The molecule has 0 spiro atoms. The van der Waals surface area contributed by atoms with Gasteiger partial charge in [0.15, 0.2) is 0 Å². The van der Waals surface area contributed by atoms with Gasteiger partial charge in [-0.05, 0) is 18.9 Å². The van der Waals surface area contributed by atoms with E-state index in [-0.39, 0.29) is 5.97 Å². The predicted molar refractivity (Wildman–Crippen MR) is 60.3 cm³/mol. The lowest BCUT2D eigenvalue weighted by molar-refractivity contribution is -0.139. The minimum absolute atomic E-state index is 0.266. The summed E-state index contributed by atoms with van der Waals surface area (Å²) in [5.74, 6) is -0.266. The second kappa shape index (κ2) is 6.02. The van der Waals surface area contributed by atoms with Gasteiger partial charge in [-0.3, -0.25) is 0 Å². The lowest BCUT2D eigenvalue weighted by Crippen LogP contribution is -2.01. The van der Waals surface area contributed by atoms with Gasteiger partial charge in [0, 0.05) is 6.08 Å². The van der Waals surface area contributed by atoms with Crippen LogP contribution >= 0.6 is 0 Å². The van der Waals surface area contributed by atoms with Crippen LogP contribution in [-0.2, 0) is 16.1 Å². The summed E-state index contributed by atoms with van der Waals surface area (Å²) in [4.78, 5) is 11.3. The molecule has 0 saturated heterocycles. The lowest BCUT2D eigenvalue weighted by Gasteiger charge is -2.02. The Morgan fingerprint density at radius 3 is 2.60 bits per heavy atom. The van der Waals surface area contributed by atoms with Crippen molar-refractivity contribution in [2.75, 3.05) is 0 Å². The SMILES string of the molecule is CCC(C)=CC(=O)OCc1ccccc1. The van der Waals surface area contributed by atoms with E-state index >= 15 is 0 Å².